The minimum absolute atomic E-state index is 0.0667. The van der Waals surface area contributed by atoms with Gasteiger partial charge in [0.2, 0.25) is 0 Å². The Bertz CT molecular complexity index is 1560. The molecule has 1 aliphatic heterocycles. The van der Waals surface area contributed by atoms with E-state index in [0.29, 0.717) is 6.04 Å². The SMILES string of the molecule is C[C@H]1COCCN1CCN(C)c1ccc2c(n1)sc1nc(-c3ccc(-c4cc(C(C)(C)C)on4)cc3)cn12. The van der Waals surface area contributed by atoms with Crippen LogP contribution in [0, 0.1) is 0 Å². The van der Waals surface area contributed by atoms with Gasteiger partial charge in [-0.25, -0.2) is 9.97 Å². The Morgan fingerprint density at radius 3 is 2.53 bits per heavy atom. The van der Waals surface area contributed by atoms with E-state index in [2.05, 4.69) is 96.7 Å². The molecule has 1 saturated heterocycles. The maximum absolute atomic E-state index is 5.56. The molecule has 0 N–H and O–H groups in total. The number of hydrogen-bond donors (Lipinski definition) is 0. The molecule has 1 aliphatic rings. The first-order valence-electron chi connectivity index (χ1n) is 13.2. The maximum atomic E-state index is 5.56. The molecule has 6 rings (SSSR count). The van der Waals surface area contributed by atoms with Gasteiger partial charge in [-0.1, -0.05) is 61.5 Å². The summed E-state index contributed by atoms with van der Waals surface area (Å²) in [6, 6.07) is 15.1. The summed E-state index contributed by atoms with van der Waals surface area (Å²) in [5.74, 6) is 1.87. The Morgan fingerprint density at radius 1 is 1.05 bits per heavy atom. The lowest BCUT2D eigenvalue weighted by atomic mass is 9.93. The Morgan fingerprint density at radius 2 is 1.82 bits per heavy atom. The lowest BCUT2D eigenvalue weighted by molar-refractivity contribution is 0.00125. The van der Waals surface area contributed by atoms with Gasteiger partial charge in [-0.15, -0.1) is 0 Å². The highest BCUT2D eigenvalue weighted by Gasteiger charge is 2.21. The van der Waals surface area contributed by atoms with E-state index in [1.54, 1.807) is 11.3 Å². The quantitative estimate of drug-likeness (QED) is 0.278. The third-order valence-corrected chi connectivity index (χ3v) is 8.26. The molecule has 4 aromatic heterocycles. The first-order chi connectivity index (χ1) is 18.3. The molecule has 0 spiro atoms. The zero-order valence-corrected chi connectivity index (χ0v) is 23.5. The van der Waals surface area contributed by atoms with Crippen molar-refractivity contribution in [2.75, 3.05) is 44.8 Å². The summed E-state index contributed by atoms with van der Waals surface area (Å²) in [5, 5.41) is 4.26. The van der Waals surface area contributed by atoms with Crippen LogP contribution in [0.2, 0.25) is 0 Å². The van der Waals surface area contributed by atoms with Gasteiger partial charge in [0, 0.05) is 61.5 Å². The van der Waals surface area contributed by atoms with Gasteiger partial charge in [-0.3, -0.25) is 9.30 Å². The molecular formula is C29H34N6O2S. The van der Waals surface area contributed by atoms with E-state index in [1.807, 2.05) is 6.07 Å². The zero-order valence-electron chi connectivity index (χ0n) is 22.6. The van der Waals surface area contributed by atoms with Crippen LogP contribution in [0.1, 0.15) is 33.5 Å². The van der Waals surface area contributed by atoms with Crippen molar-refractivity contribution in [3.63, 3.8) is 0 Å². The molecule has 8 nitrogen and oxygen atoms in total. The monoisotopic (exact) mass is 530 g/mol. The average Bonchev–Trinajstić information content (AvgIpc) is 3.63. The van der Waals surface area contributed by atoms with Crippen molar-refractivity contribution in [2.24, 2.45) is 0 Å². The number of aromatic nitrogens is 4. The zero-order chi connectivity index (χ0) is 26.4. The van der Waals surface area contributed by atoms with Crippen molar-refractivity contribution < 1.29 is 9.26 Å². The summed E-state index contributed by atoms with van der Waals surface area (Å²) < 4.78 is 13.3. The number of pyridine rings is 1. The third kappa shape index (κ3) is 4.81. The van der Waals surface area contributed by atoms with Gasteiger partial charge >= 0.3 is 0 Å². The van der Waals surface area contributed by atoms with Crippen LogP contribution in [0.15, 0.2) is 53.2 Å². The maximum Gasteiger partial charge on any atom is 0.196 e. The highest BCUT2D eigenvalue weighted by molar-refractivity contribution is 7.23. The van der Waals surface area contributed by atoms with Crippen LogP contribution < -0.4 is 4.90 Å². The molecule has 1 fully saturated rings. The van der Waals surface area contributed by atoms with E-state index in [1.165, 1.54) is 0 Å². The van der Waals surface area contributed by atoms with Crippen LogP contribution >= 0.6 is 11.3 Å². The fourth-order valence-electron chi connectivity index (χ4n) is 4.79. The van der Waals surface area contributed by atoms with Crippen LogP contribution in [0.3, 0.4) is 0 Å². The molecule has 0 amide bonds. The van der Waals surface area contributed by atoms with Gasteiger partial charge in [-0.05, 0) is 19.1 Å². The number of benzene rings is 1. The van der Waals surface area contributed by atoms with Gasteiger partial charge in [0.05, 0.1) is 24.4 Å². The third-order valence-electron chi connectivity index (χ3n) is 7.29. The fraction of sp³-hybridized carbons (Fsp3) is 0.414. The van der Waals surface area contributed by atoms with Crippen molar-refractivity contribution in [3.05, 3.63) is 54.4 Å². The largest absolute Gasteiger partial charge is 0.379 e. The Balaban J connectivity index is 1.18. The second-order valence-corrected chi connectivity index (χ2v) is 12.1. The number of rotatable bonds is 6. The summed E-state index contributed by atoms with van der Waals surface area (Å²) in [7, 11) is 2.11. The molecule has 1 aromatic carbocycles. The molecule has 198 valence electrons. The van der Waals surface area contributed by atoms with Gasteiger partial charge in [0.15, 0.2) is 4.96 Å². The van der Waals surface area contributed by atoms with E-state index in [4.69, 9.17) is 19.2 Å². The first kappa shape index (κ1) is 25.0. The number of ether oxygens (including phenoxy) is 1. The molecule has 0 unspecified atom stereocenters. The number of anilines is 1. The minimum Gasteiger partial charge on any atom is -0.379 e. The van der Waals surface area contributed by atoms with Crippen molar-refractivity contribution in [2.45, 2.75) is 39.2 Å². The molecule has 0 radical (unpaired) electrons. The van der Waals surface area contributed by atoms with E-state index >= 15 is 0 Å². The predicted molar refractivity (Wildman–Crippen MR) is 153 cm³/mol. The summed E-state index contributed by atoms with van der Waals surface area (Å²) in [6.45, 7) is 13.2. The van der Waals surface area contributed by atoms with Gasteiger partial charge in [0.1, 0.15) is 22.1 Å². The molecule has 1 atom stereocenters. The number of imidazole rings is 1. The number of fused-ring (bicyclic) bond motifs is 3. The summed E-state index contributed by atoms with van der Waals surface area (Å²) in [6.07, 6.45) is 2.10. The number of likely N-dealkylation sites (N-methyl/N-ethyl adjacent to an activating group) is 1. The van der Waals surface area contributed by atoms with Crippen molar-refractivity contribution >= 4 is 32.5 Å². The highest BCUT2D eigenvalue weighted by atomic mass is 32.1. The van der Waals surface area contributed by atoms with Gasteiger partial charge in [-0.2, -0.15) is 0 Å². The molecule has 0 bridgehead atoms. The van der Waals surface area contributed by atoms with Crippen LogP contribution in [-0.4, -0.2) is 70.4 Å². The average molecular weight is 531 g/mol. The van der Waals surface area contributed by atoms with Crippen LogP contribution in [0.4, 0.5) is 5.82 Å². The van der Waals surface area contributed by atoms with Crippen molar-refractivity contribution in [3.8, 4) is 22.5 Å². The molecule has 5 aromatic rings. The second kappa shape index (κ2) is 9.80. The molecule has 38 heavy (non-hydrogen) atoms. The lowest BCUT2D eigenvalue weighted by Crippen LogP contribution is -2.46. The Hall–Kier alpha value is -3.27. The first-order valence-corrected chi connectivity index (χ1v) is 14.0. The standard InChI is InChI=1S/C29H34N6O2S/c1-19-18-36-15-14-34(19)13-12-33(5)26-11-10-24-27(31-26)38-28-30-23(17-35(24)28)21-8-6-20(7-9-21)22-16-25(37-32-22)29(2,3)4/h6-11,16-17,19H,12-15,18H2,1-5H3/t19-/m0/s1. The number of morpholine rings is 1. The number of hydrogen-bond acceptors (Lipinski definition) is 8. The number of nitrogens with zero attached hydrogens (tertiary/aromatic N) is 6. The summed E-state index contributed by atoms with van der Waals surface area (Å²) in [4.78, 5) is 16.5. The second-order valence-electron chi connectivity index (χ2n) is 11.2. The molecular weight excluding hydrogens is 496 g/mol. The van der Waals surface area contributed by atoms with Crippen LogP contribution in [0.5, 0.6) is 0 Å². The normalized spacial score (nSPS) is 17.0. The van der Waals surface area contributed by atoms with E-state index in [0.717, 1.165) is 82.2 Å². The van der Waals surface area contributed by atoms with Crippen molar-refractivity contribution in [1.82, 2.24) is 24.4 Å². The molecule has 0 aliphatic carbocycles. The van der Waals surface area contributed by atoms with Gasteiger partial charge in [0.25, 0.3) is 0 Å². The Labute approximate surface area is 226 Å². The van der Waals surface area contributed by atoms with E-state index in [-0.39, 0.29) is 5.41 Å². The summed E-state index contributed by atoms with van der Waals surface area (Å²) in [5.41, 5.74) is 4.91. The Kier molecular flexibility index (Phi) is 6.45. The van der Waals surface area contributed by atoms with Gasteiger partial charge < -0.3 is 14.2 Å². The van der Waals surface area contributed by atoms with E-state index in [9.17, 15) is 0 Å². The van der Waals surface area contributed by atoms with Crippen molar-refractivity contribution in [1.29, 1.82) is 0 Å². The highest BCUT2D eigenvalue weighted by Crippen LogP contribution is 2.32. The molecule has 9 heteroatoms. The van der Waals surface area contributed by atoms with Crippen LogP contribution in [-0.2, 0) is 10.2 Å². The minimum atomic E-state index is -0.0667. The fourth-order valence-corrected chi connectivity index (χ4v) is 5.77. The molecule has 5 heterocycles. The lowest BCUT2D eigenvalue weighted by Gasteiger charge is -2.34. The topological polar surface area (TPSA) is 71.9 Å². The number of thiazole rings is 1. The van der Waals surface area contributed by atoms with E-state index < -0.39 is 0 Å². The summed E-state index contributed by atoms with van der Waals surface area (Å²) >= 11 is 1.63. The van der Waals surface area contributed by atoms with Crippen LogP contribution in [0.25, 0.3) is 37.8 Å². The molecule has 0 saturated carbocycles. The smallest absolute Gasteiger partial charge is 0.196 e. The predicted octanol–water partition coefficient (Wildman–Crippen LogP) is 5.72.